The normalized spacial score (nSPS) is 39.0. The molecule has 1 saturated carbocycles. The van der Waals surface area contributed by atoms with Crippen molar-refractivity contribution >= 4 is 0 Å². The highest BCUT2D eigenvalue weighted by Gasteiger charge is 2.35. The van der Waals surface area contributed by atoms with E-state index in [2.05, 4.69) is 27.7 Å². The summed E-state index contributed by atoms with van der Waals surface area (Å²) in [6, 6.07) is 0.470. The van der Waals surface area contributed by atoms with Crippen molar-refractivity contribution in [1.82, 2.24) is 0 Å². The molecule has 0 aromatic rings. The first-order valence-corrected chi connectivity index (χ1v) is 6.19. The van der Waals surface area contributed by atoms with E-state index < -0.39 is 0 Å². The van der Waals surface area contributed by atoms with E-state index in [1.54, 1.807) is 0 Å². The minimum Gasteiger partial charge on any atom is -0.328 e. The molecule has 0 radical (unpaired) electrons. The summed E-state index contributed by atoms with van der Waals surface area (Å²) in [4.78, 5) is 0. The van der Waals surface area contributed by atoms with Crippen LogP contribution in [-0.4, -0.2) is 6.04 Å². The summed E-state index contributed by atoms with van der Waals surface area (Å²) in [6.45, 7) is 9.50. The monoisotopic (exact) mass is 197 g/mol. The quantitative estimate of drug-likeness (QED) is 0.735. The van der Waals surface area contributed by atoms with Crippen molar-refractivity contribution in [3.63, 3.8) is 0 Å². The maximum absolute atomic E-state index is 6.00. The van der Waals surface area contributed by atoms with Gasteiger partial charge in [0, 0.05) is 6.04 Å². The fraction of sp³-hybridized carbons (Fsp3) is 1.00. The third-order valence-corrected chi connectivity index (χ3v) is 4.23. The standard InChI is InChI=1S/C13H27N/c1-10(2)5-7-13(4)8-6-12(14)9-11(13)3/h10-12H,5-9,14H2,1-4H3. The molecule has 84 valence electrons. The van der Waals surface area contributed by atoms with E-state index in [1.807, 2.05) is 0 Å². The van der Waals surface area contributed by atoms with Gasteiger partial charge in [-0.15, -0.1) is 0 Å². The van der Waals surface area contributed by atoms with Crippen molar-refractivity contribution in [2.24, 2.45) is 23.0 Å². The maximum atomic E-state index is 6.00. The predicted molar refractivity (Wildman–Crippen MR) is 63.2 cm³/mol. The summed E-state index contributed by atoms with van der Waals surface area (Å²) in [6.07, 6.45) is 6.56. The molecule has 0 aromatic heterocycles. The molecular weight excluding hydrogens is 170 g/mol. The molecule has 0 amide bonds. The molecule has 1 aliphatic rings. The van der Waals surface area contributed by atoms with Crippen molar-refractivity contribution in [2.45, 2.75) is 65.8 Å². The Hall–Kier alpha value is -0.0400. The van der Waals surface area contributed by atoms with E-state index >= 15 is 0 Å². The largest absolute Gasteiger partial charge is 0.328 e. The van der Waals surface area contributed by atoms with Gasteiger partial charge in [0.2, 0.25) is 0 Å². The molecule has 0 aromatic carbocycles. The summed E-state index contributed by atoms with van der Waals surface area (Å²) in [7, 11) is 0. The van der Waals surface area contributed by atoms with Gasteiger partial charge in [0.1, 0.15) is 0 Å². The molecule has 3 unspecified atom stereocenters. The van der Waals surface area contributed by atoms with E-state index in [1.165, 1.54) is 32.1 Å². The fourth-order valence-corrected chi connectivity index (χ4v) is 2.61. The average Bonchev–Trinajstić information content (AvgIpc) is 2.09. The molecule has 1 nitrogen and oxygen atoms in total. The second kappa shape index (κ2) is 4.65. The number of hydrogen-bond acceptors (Lipinski definition) is 1. The van der Waals surface area contributed by atoms with E-state index in [0.717, 1.165) is 11.8 Å². The molecule has 0 aliphatic heterocycles. The lowest BCUT2D eigenvalue weighted by Crippen LogP contribution is -2.38. The molecule has 1 aliphatic carbocycles. The molecular formula is C13H27N. The zero-order chi connectivity index (χ0) is 10.8. The first kappa shape index (κ1) is 12.0. The van der Waals surface area contributed by atoms with Gasteiger partial charge in [-0.2, -0.15) is 0 Å². The van der Waals surface area contributed by atoms with Gasteiger partial charge in [-0.05, 0) is 42.9 Å². The molecule has 1 heteroatoms. The zero-order valence-corrected chi connectivity index (χ0v) is 10.3. The average molecular weight is 197 g/mol. The summed E-state index contributed by atoms with van der Waals surface area (Å²) in [5, 5.41) is 0. The molecule has 1 rings (SSSR count). The summed E-state index contributed by atoms with van der Waals surface area (Å²) >= 11 is 0. The van der Waals surface area contributed by atoms with Gasteiger partial charge < -0.3 is 5.73 Å². The van der Waals surface area contributed by atoms with Crippen molar-refractivity contribution in [3.8, 4) is 0 Å². The van der Waals surface area contributed by atoms with Crippen LogP contribution in [0.5, 0.6) is 0 Å². The minimum atomic E-state index is 0.470. The zero-order valence-electron chi connectivity index (χ0n) is 10.3. The van der Waals surface area contributed by atoms with E-state index in [0.29, 0.717) is 11.5 Å². The first-order chi connectivity index (χ1) is 6.44. The lowest BCUT2D eigenvalue weighted by Gasteiger charge is -2.42. The van der Waals surface area contributed by atoms with E-state index in [9.17, 15) is 0 Å². The van der Waals surface area contributed by atoms with E-state index in [4.69, 9.17) is 5.73 Å². The van der Waals surface area contributed by atoms with Crippen LogP contribution in [-0.2, 0) is 0 Å². The predicted octanol–water partition coefficient (Wildman–Crippen LogP) is 3.58. The molecule has 2 N–H and O–H groups in total. The van der Waals surface area contributed by atoms with Gasteiger partial charge >= 0.3 is 0 Å². The summed E-state index contributed by atoms with van der Waals surface area (Å²) < 4.78 is 0. The number of nitrogens with two attached hydrogens (primary N) is 1. The van der Waals surface area contributed by atoms with Crippen LogP contribution < -0.4 is 5.73 Å². The maximum Gasteiger partial charge on any atom is 0.00417 e. The van der Waals surface area contributed by atoms with Crippen molar-refractivity contribution in [1.29, 1.82) is 0 Å². The van der Waals surface area contributed by atoms with Gasteiger partial charge in [0.25, 0.3) is 0 Å². The van der Waals surface area contributed by atoms with Crippen LogP contribution in [0.1, 0.15) is 59.8 Å². The van der Waals surface area contributed by atoms with Crippen LogP contribution in [0, 0.1) is 17.3 Å². The second-order valence-electron chi connectivity index (χ2n) is 6.02. The fourth-order valence-electron chi connectivity index (χ4n) is 2.61. The van der Waals surface area contributed by atoms with Crippen LogP contribution in [0.25, 0.3) is 0 Å². The highest BCUT2D eigenvalue weighted by molar-refractivity contribution is 4.88. The third-order valence-electron chi connectivity index (χ3n) is 4.23. The van der Waals surface area contributed by atoms with Crippen LogP contribution in [0.4, 0.5) is 0 Å². The van der Waals surface area contributed by atoms with Gasteiger partial charge in [-0.1, -0.05) is 34.1 Å². The van der Waals surface area contributed by atoms with Crippen molar-refractivity contribution in [2.75, 3.05) is 0 Å². The second-order valence-corrected chi connectivity index (χ2v) is 6.02. The Bertz CT molecular complexity index is 176. The summed E-state index contributed by atoms with van der Waals surface area (Å²) in [5.74, 6) is 1.65. The SMILES string of the molecule is CC(C)CCC1(C)CCC(N)CC1C. The van der Waals surface area contributed by atoms with Gasteiger partial charge in [0.05, 0.1) is 0 Å². The Morgan fingerprint density at radius 3 is 2.57 bits per heavy atom. The molecule has 14 heavy (non-hydrogen) atoms. The number of hydrogen-bond donors (Lipinski definition) is 1. The molecule has 3 atom stereocenters. The highest BCUT2D eigenvalue weighted by atomic mass is 14.6. The van der Waals surface area contributed by atoms with Crippen molar-refractivity contribution < 1.29 is 0 Å². The Morgan fingerprint density at radius 1 is 1.43 bits per heavy atom. The number of rotatable bonds is 3. The highest BCUT2D eigenvalue weighted by Crippen LogP contribution is 2.44. The van der Waals surface area contributed by atoms with Gasteiger partial charge in [-0.3, -0.25) is 0 Å². The van der Waals surface area contributed by atoms with Crippen LogP contribution in [0.3, 0.4) is 0 Å². The Labute approximate surface area is 89.5 Å². The smallest absolute Gasteiger partial charge is 0.00417 e. The Morgan fingerprint density at radius 2 is 2.07 bits per heavy atom. The van der Waals surface area contributed by atoms with E-state index in [-0.39, 0.29) is 0 Å². The topological polar surface area (TPSA) is 26.0 Å². The Balaban J connectivity index is 2.46. The molecule has 1 fully saturated rings. The molecule has 0 spiro atoms. The third kappa shape index (κ3) is 2.98. The van der Waals surface area contributed by atoms with Gasteiger partial charge in [-0.25, -0.2) is 0 Å². The van der Waals surface area contributed by atoms with Crippen LogP contribution in [0.15, 0.2) is 0 Å². The molecule has 0 heterocycles. The van der Waals surface area contributed by atoms with Crippen molar-refractivity contribution in [3.05, 3.63) is 0 Å². The lowest BCUT2D eigenvalue weighted by molar-refractivity contribution is 0.0987. The molecule has 0 saturated heterocycles. The van der Waals surface area contributed by atoms with Gasteiger partial charge in [0.15, 0.2) is 0 Å². The minimum absolute atomic E-state index is 0.470. The first-order valence-electron chi connectivity index (χ1n) is 6.19. The van der Waals surface area contributed by atoms with Crippen LogP contribution in [0.2, 0.25) is 0 Å². The summed E-state index contributed by atoms with van der Waals surface area (Å²) in [5.41, 5.74) is 6.57. The Kier molecular flexibility index (Phi) is 4.00. The van der Waals surface area contributed by atoms with Crippen LogP contribution >= 0.6 is 0 Å². The lowest BCUT2D eigenvalue weighted by atomic mass is 9.64. The molecule has 0 bridgehead atoms.